The van der Waals surface area contributed by atoms with E-state index in [4.69, 9.17) is 5.73 Å². The van der Waals surface area contributed by atoms with Crippen LogP contribution in [0.25, 0.3) is 0 Å². The highest BCUT2D eigenvalue weighted by Crippen LogP contribution is 2.27. The lowest BCUT2D eigenvalue weighted by Gasteiger charge is -2.12. The maximum absolute atomic E-state index is 5.91. The van der Waals surface area contributed by atoms with Gasteiger partial charge in [0, 0.05) is 10.8 Å². The Morgan fingerprint density at radius 3 is 2.73 bits per heavy atom. The Bertz CT molecular complexity index is 301. The monoisotopic (exact) mass is 224 g/mol. The van der Waals surface area contributed by atoms with E-state index < -0.39 is 0 Å². The van der Waals surface area contributed by atoms with Crippen molar-refractivity contribution in [3.63, 3.8) is 0 Å². The van der Waals surface area contributed by atoms with Crippen molar-refractivity contribution in [2.75, 3.05) is 0 Å². The average molecular weight is 224 g/mol. The van der Waals surface area contributed by atoms with Gasteiger partial charge in [-0.3, -0.25) is 4.99 Å². The van der Waals surface area contributed by atoms with Crippen LogP contribution in [0.3, 0.4) is 0 Å². The quantitative estimate of drug-likeness (QED) is 0.602. The first kappa shape index (κ1) is 12.2. The summed E-state index contributed by atoms with van der Waals surface area (Å²) in [6.07, 6.45) is 2.21. The van der Waals surface area contributed by atoms with Crippen molar-refractivity contribution in [2.45, 2.75) is 39.7 Å². The Balaban J connectivity index is 2.80. The van der Waals surface area contributed by atoms with Crippen molar-refractivity contribution in [1.29, 1.82) is 0 Å². The predicted molar refractivity (Wildman–Crippen MR) is 68.4 cm³/mol. The molecule has 0 aliphatic carbocycles. The van der Waals surface area contributed by atoms with E-state index in [0.29, 0.717) is 5.92 Å². The van der Waals surface area contributed by atoms with E-state index in [1.807, 2.05) is 0 Å². The van der Waals surface area contributed by atoms with Gasteiger partial charge in [0.25, 0.3) is 0 Å². The number of hydrogen-bond acceptors (Lipinski definition) is 2. The van der Waals surface area contributed by atoms with E-state index in [9.17, 15) is 0 Å². The van der Waals surface area contributed by atoms with E-state index in [2.05, 4.69) is 43.3 Å². The molecule has 84 valence electrons. The zero-order chi connectivity index (χ0) is 11.3. The average Bonchev–Trinajstić information content (AvgIpc) is 2.69. The third kappa shape index (κ3) is 3.67. The Morgan fingerprint density at radius 1 is 1.53 bits per heavy atom. The Labute approximate surface area is 96.2 Å². The molecule has 0 saturated carbocycles. The molecule has 1 unspecified atom stereocenters. The summed E-state index contributed by atoms with van der Waals surface area (Å²) in [6.45, 7) is 6.34. The van der Waals surface area contributed by atoms with Gasteiger partial charge in [0.05, 0.1) is 11.9 Å². The van der Waals surface area contributed by atoms with Crippen molar-refractivity contribution in [3.05, 3.63) is 22.4 Å². The smallest absolute Gasteiger partial charge is 0.0970 e. The molecule has 1 heterocycles. The van der Waals surface area contributed by atoms with E-state index in [0.717, 1.165) is 18.7 Å². The summed E-state index contributed by atoms with van der Waals surface area (Å²) in [5, 5.41) is 2.10. The zero-order valence-corrected chi connectivity index (χ0v) is 10.6. The molecule has 0 amide bonds. The second-order valence-corrected chi connectivity index (χ2v) is 5.01. The van der Waals surface area contributed by atoms with Crippen molar-refractivity contribution in [1.82, 2.24) is 0 Å². The van der Waals surface area contributed by atoms with Crippen LogP contribution in [0.15, 0.2) is 22.5 Å². The van der Waals surface area contributed by atoms with Gasteiger partial charge < -0.3 is 5.73 Å². The standard InChI is InChI=1S/C12H20N2S/c1-4-6-10(11-7-5-8-15-11)14-12(13)9(2)3/h5,7-10H,4,6H2,1-3H3,(H2,13,14). The van der Waals surface area contributed by atoms with Gasteiger partial charge in [-0.1, -0.05) is 33.3 Å². The van der Waals surface area contributed by atoms with E-state index >= 15 is 0 Å². The highest BCUT2D eigenvalue weighted by atomic mass is 32.1. The summed E-state index contributed by atoms with van der Waals surface area (Å²) in [6, 6.07) is 4.48. The largest absolute Gasteiger partial charge is 0.387 e. The van der Waals surface area contributed by atoms with Crippen molar-refractivity contribution >= 4 is 17.2 Å². The number of nitrogens with zero attached hydrogens (tertiary/aromatic N) is 1. The predicted octanol–water partition coefficient (Wildman–Crippen LogP) is 3.60. The molecular formula is C12H20N2S. The Hall–Kier alpha value is -0.830. The van der Waals surface area contributed by atoms with Gasteiger partial charge in [-0.15, -0.1) is 11.3 Å². The molecule has 0 aliphatic heterocycles. The van der Waals surface area contributed by atoms with Crippen molar-refractivity contribution in [2.24, 2.45) is 16.6 Å². The van der Waals surface area contributed by atoms with Gasteiger partial charge in [0.15, 0.2) is 0 Å². The molecule has 3 heteroatoms. The topological polar surface area (TPSA) is 38.4 Å². The van der Waals surface area contributed by atoms with Crippen LogP contribution in [-0.2, 0) is 0 Å². The lowest BCUT2D eigenvalue weighted by molar-refractivity contribution is 0.642. The zero-order valence-electron chi connectivity index (χ0n) is 9.73. The summed E-state index contributed by atoms with van der Waals surface area (Å²) < 4.78 is 0. The minimum Gasteiger partial charge on any atom is -0.387 e. The maximum Gasteiger partial charge on any atom is 0.0970 e. The fourth-order valence-corrected chi connectivity index (χ4v) is 2.15. The van der Waals surface area contributed by atoms with Crippen LogP contribution in [0.4, 0.5) is 0 Å². The van der Waals surface area contributed by atoms with Crippen molar-refractivity contribution in [3.8, 4) is 0 Å². The molecule has 1 aromatic heterocycles. The van der Waals surface area contributed by atoms with Gasteiger partial charge in [-0.25, -0.2) is 0 Å². The van der Waals surface area contributed by atoms with Gasteiger partial charge >= 0.3 is 0 Å². The van der Waals surface area contributed by atoms with Gasteiger partial charge in [-0.05, 0) is 17.9 Å². The van der Waals surface area contributed by atoms with Gasteiger partial charge in [-0.2, -0.15) is 0 Å². The molecule has 0 bridgehead atoms. The first-order valence-corrected chi connectivity index (χ1v) is 6.39. The number of nitrogens with two attached hydrogens (primary N) is 1. The van der Waals surface area contributed by atoms with E-state index in [1.54, 1.807) is 11.3 Å². The molecule has 0 saturated heterocycles. The van der Waals surface area contributed by atoms with Crippen LogP contribution in [0.1, 0.15) is 44.5 Å². The molecule has 1 atom stereocenters. The Kier molecular flexibility index (Phi) is 4.82. The molecule has 1 aromatic rings. The molecular weight excluding hydrogens is 204 g/mol. The number of aliphatic imine (C=N–C) groups is 1. The first-order chi connectivity index (χ1) is 7.15. The molecule has 1 rings (SSSR count). The van der Waals surface area contributed by atoms with Crippen LogP contribution >= 0.6 is 11.3 Å². The van der Waals surface area contributed by atoms with Crippen molar-refractivity contribution < 1.29 is 0 Å². The second-order valence-electron chi connectivity index (χ2n) is 4.03. The van der Waals surface area contributed by atoms with E-state index in [1.165, 1.54) is 4.88 Å². The lowest BCUT2D eigenvalue weighted by Crippen LogP contribution is -2.20. The molecule has 15 heavy (non-hydrogen) atoms. The molecule has 0 aliphatic rings. The fourth-order valence-electron chi connectivity index (χ4n) is 1.35. The number of amidine groups is 1. The SMILES string of the molecule is CCCC(N=C(N)C(C)C)c1cccs1. The molecule has 0 spiro atoms. The maximum atomic E-state index is 5.91. The molecule has 2 nitrogen and oxygen atoms in total. The van der Waals surface area contributed by atoms with Crippen LogP contribution < -0.4 is 5.73 Å². The summed E-state index contributed by atoms with van der Waals surface area (Å²) >= 11 is 1.76. The normalized spacial score (nSPS) is 14.5. The summed E-state index contributed by atoms with van der Waals surface area (Å²) in [4.78, 5) is 5.93. The Morgan fingerprint density at radius 2 is 2.27 bits per heavy atom. The van der Waals surface area contributed by atoms with Gasteiger partial charge in [0.1, 0.15) is 0 Å². The number of hydrogen-bond donors (Lipinski definition) is 1. The molecule has 2 N–H and O–H groups in total. The third-order valence-electron chi connectivity index (χ3n) is 2.33. The highest BCUT2D eigenvalue weighted by molar-refractivity contribution is 7.10. The summed E-state index contributed by atoms with van der Waals surface area (Å²) in [5.41, 5.74) is 5.91. The minimum atomic E-state index is 0.261. The van der Waals surface area contributed by atoms with Crippen LogP contribution in [0.2, 0.25) is 0 Å². The van der Waals surface area contributed by atoms with E-state index in [-0.39, 0.29) is 6.04 Å². The third-order valence-corrected chi connectivity index (χ3v) is 3.30. The first-order valence-electron chi connectivity index (χ1n) is 5.51. The molecule has 0 aromatic carbocycles. The lowest BCUT2D eigenvalue weighted by atomic mass is 10.1. The van der Waals surface area contributed by atoms with Gasteiger partial charge in [0.2, 0.25) is 0 Å². The van der Waals surface area contributed by atoms with Crippen LogP contribution in [0.5, 0.6) is 0 Å². The summed E-state index contributed by atoms with van der Waals surface area (Å²) in [5.74, 6) is 1.10. The second kappa shape index (κ2) is 5.91. The number of rotatable bonds is 5. The summed E-state index contributed by atoms with van der Waals surface area (Å²) in [7, 11) is 0. The number of thiophene rings is 1. The van der Waals surface area contributed by atoms with Crippen LogP contribution in [-0.4, -0.2) is 5.84 Å². The highest BCUT2D eigenvalue weighted by Gasteiger charge is 2.11. The minimum absolute atomic E-state index is 0.261. The molecule has 0 fully saturated rings. The molecule has 0 radical (unpaired) electrons. The van der Waals surface area contributed by atoms with Crippen LogP contribution in [0, 0.1) is 5.92 Å². The fraction of sp³-hybridized carbons (Fsp3) is 0.583.